The molecule has 1 aromatic heterocycles. The molecule has 0 spiro atoms. The average Bonchev–Trinajstić information content (AvgIpc) is 2.58. The summed E-state index contributed by atoms with van der Waals surface area (Å²) in [6.45, 7) is 0.850. The molecule has 0 radical (unpaired) electrons. The molecule has 1 fully saturated rings. The number of halogens is 1. The number of benzene rings is 1. The van der Waals surface area contributed by atoms with E-state index in [9.17, 15) is 13.2 Å². The Morgan fingerprint density at radius 1 is 1.20 bits per heavy atom. The van der Waals surface area contributed by atoms with Crippen LogP contribution in [-0.4, -0.2) is 49.2 Å². The third-order valence-electron chi connectivity index (χ3n) is 3.88. The number of ether oxygens (including phenoxy) is 1. The van der Waals surface area contributed by atoms with Crippen LogP contribution in [-0.2, 0) is 14.6 Å². The minimum absolute atomic E-state index is 0.0385. The summed E-state index contributed by atoms with van der Waals surface area (Å²) in [5.74, 6) is 0.0629. The predicted molar refractivity (Wildman–Crippen MR) is 93.4 cm³/mol. The molecule has 1 aliphatic heterocycles. The molecule has 0 unspecified atom stereocenters. The Balaban J connectivity index is 1.45. The second kappa shape index (κ2) is 7.41. The summed E-state index contributed by atoms with van der Waals surface area (Å²) in [4.78, 5) is 18.0. The molecule has 0 atom stereocenters. The van der Waals surface area contributed by atoms with Gasteiger partial charge in [0.25, 0.3) is 0 Å². The molecule has 2 aromatic rings. The average molecular weight is 381 g/mol. The molecule has 1 aromatic carbocycles. The van der Waals surface area contributed by atoms with E-state index in [1.165, 1.54) is 18.3 Å². The van der Waals surface area contributed by atoms with E-state index in [2.05, 4.69) is 4.98 Å². The lowest BCUT2D eigenvalue weighted by atomic mass is 10.1. The molecular weight excluding hydrogens is 364 g/mol. The van der Waals surface area contributed by atoms with E-state index in [4.69, 9.17) is 16.3 Å². The van der Waals surface area contributed by atoms with Crippen molar-refractivity contribution in [3.8, 4) is 5.88 Å². The summed E-state index contributed by atoms with van der Waals surface area (Å²) in [5.41, 5.74) is 0. The maximum Gasteiger partial charge on any atom is 0.223 e. The highest BCUT2D eigenvalue weighted by atomic mass is 35.5. The van der Waals surface area contributed by atoms with E-state index >= 15 is 0 Å². The third kappa shape index (κ3) is 4.49. The highest BCUT2D eigenvalue weighted by molar-refractivity contribution is 7.91. The van der Waals surface area contributed by atoms with Gasteiger partial charge in [0.1, 0.15) is 6.10 Å². The first kappa shape index (κ1) is 17.7. The minimum Gasteiger partial charge on any atom is -0.471 e. The second-order valence-corrected chi connectivity index (χ2v) is 8.28. The van der Waals surface area contributed by atoms with Gasteiger partial charge in [-0.3, -0.25) is 4.79 Å². The number of likely N-dealkylation sites (tertiary alicyclic amines) is 1. The summed E-state index contributed by atoms with van der Waals surface area (Å²) < 4.78 is 30.0. The van der Waals surface area contributed by atoms with Gasteiger partial charge in [0.15, 0.2) is 9.84 Å². The van der Waals surface area contributed by atoms with Gasteiger partial charge in [-0.2, -0.15) is 0 Å². The topological polar surface area (TPSA) is 76.6 Å². The van der Waals surface area contributed by atoms with Crippen molar-refractivity contribution in [3.63, 3.8) is 0 Å². The number of carbonyl (C=O) groups excluding carboxylic acids is 1. The Bertz CT molecular complexity index is 835. The summed E-state index contributed by atoms with van der Waals surface area (Å²) in [6.07, 6.45) is 1.32. The molecule has 132 valence electrons. The van der Waals surface area contributed by atoms with Crippen molar-refractivity contribution in [2.24, 2.45) is 0 Å². The lowest BCUT2D eigenvalue weighted by Gasteiger charge is -2.38. The largest absolute Gasteiger partial charge is 0.471 e. The van der Waals surface area contributed by atoms with Gasteiger partial charge >= 0.3 is 0 Å². The van der Waals surface area contributed by atoms with Crippen LogP contribution in [0.5, 0.6) is 5.88 Å². The highest BCUT2D eigenvalue weighted by Crippen LogP contribution is 2.19. The summed E-state index contributed by atoms with van der Waals surface area (Å²) in [6, 6.07) is 11.5. The van der Waals surface area contributed by atoms with Crippen molar-refractivity contribution in [1.29, 1.82) is 0 Å². The van der Waals surface area contributed by atoms with E-state index in [1.54, 1.807) is 35.2 Å². The number of hydrogen-bond acceptors (Lipinski definition) is 5. The first-order valence-corrected chi connectivity index (χ1v) is 9.81. The van der Waals surface area contributed by atoms with Crippen LogP contribution in [0.1, 0.15) is 6.42 Å². The highest BCUT2D eigenvalue weighted by Gasteiger charge is 2.33. The molecule has 2 heterocycles. The fourth-order valence-electron chi connectivity index (χ4n) is 2.44. The van der Waals surface area contributed by atoms with Crippen LogP contribution in [0.3, 0.4) is 0 Å². The number of rotatable bonds is 6. The Labute approximate surface area is 151 Å². The van der Waals surface area contributed by atoms with E-state index in [1.807, 2.05) is 0 Å². The first-order chi connectivity index (χ1) is 11.9. The van der Waals surface area contributed by atoms with Crippen LogP contribution in [0, 0.1) is 0 Å². The number of sulfone groups is 1. The second-order valence-electron chi connectivity index (χ2n) is 5.74. The molecule has 0 aliphatic carbocycles. The molecule has 8 heteroatoms. The van der Waals surface area contributed by atoms with Gasteiger partial charge in [-0.05, 0) is 18.2 Å². The Morgan fingerprint density at radius 2 is 1.92 bits per heavy atom. The summed E-state index contributed by atoms with van der Waals surface area (Å²) >= 11 is 5.76. The van der Waals surface area contributed by atoms with Crippen molar-refractivity contribution in [1.82, 2.24) is 9.88 Å². The predicted octanol–water partition coefficient (Wildman–Crippen LogP) is 2.19. The molecule has 1 aliphatic rings. The van der Waals surface area contributed by atoms with Crippen LogP contribution in [0.4, 0.5) is 0 Å². The quantitative estimate of drug-likeness (QED) is 0.767. The fourth-order valence-corrected chi connectivity index (χ4v) is 3.81. The molecule has 1 saturated heterocycles. The zero-order valence-corrected chi connectivity index (χ0v) is 14.9. The summed E-state index contributed by atoms with van der Waals surface area (Å²) in [5, 5.41) is 0.525. The number of carbonyl (C=O) groups is 1. The normalized spacial score (nSPS) is 14.8. The van der Waals surface area contributed by atoms with Crippen LogP contribution in [0.25, 0.3) is 0 Å². The smallest absolute Gasteiger partial charge is 0.223 e. The number of amides is 1. The van der Waals surface area contributed by atoms with Crippen LogP contribution < -0.4 is 4.74 Å². The molecule has 0 bridgehead atoms. The lowest BCUT2D eigenvalue weighted by Crippen LogP contribution is -2.56. The van der Waals surface area contributed by atoms with Gasteiger partial charge in [0, 0.05) is 18.7 Å². The standard InChI is InChI=1S/C17H17ClN2O4S/c18-13-6-7-16(19-10-13)24-14-11-20(12-14)17(21)8-9-25(22,23)15-4-2-1-3-5-15/h1-7,10,14H,8-9,11-12H2. The van der Waals surface area contributed by atoms with Gasteiger partial charge in [-0.1, -0.05) is 29.8 Å². The van der Waals surface area contributed by atoms with Gasteiger partial charge < -0.3 is 9.64 Å². The molecule has 6 nitrogen and oxygen atoms in total. The number of nitrogens with zero attached hydrogens (tertiary/aromatic N) is 2. The molecule has 25 heavy (non-hydrogen) atoms. The third-order valence-corrected chi connectivity index (χ3v) is 5.83. The fraction of sp³-hybridized carbons (Fsp3) is 0.294. The lowest BCUT2D eigenvalue weighted by molar-refractivity contribution is -0.139. The van der Waals surface area contributed by atoms with Crippen molar-refractivity contribution in [3.05, 3.63) is 53.7 Å². The van der Waals surface area contributed by atoms with Gasteiger partial charge in [0.2, 0.25) is 11.8 Å². The van der Waals surface area contributed by atoms with E-state index in [0.717, 1.165) is 0 Å². The number of aromatic nitrogens is 1. The molecule has 1 amide bonds. The minimum atomic E-state index is -3.44. The van der Waals surface area contributed by atoms with E-state index in [-0.39, 0.29) is 29.1 Å². The van der Waals surface area contributed by atoms with E-state index in [0.29, 0.717) is 24.0 Å². The first-order valence-electron chi connectivity index (χ1n) is 7.78. The van der Waals surface area contributed by atoms with Gasteiger partial charge in [-0.15, -0.1) is 0 Å². The maximum absolute atomic E-state index is 12.2. The van der Waals surface area contributed by atoms with Crippen LogP contribution >= 0.6 is 11.6 Å². The zero-order chi connectivity index (χ0) is 17.9. The molecule has 3 rings (SSSR count). The number of pyridine rings is 1. The van der Waals surface area contributed by atoms with Crippen LogP contribution in [0.15, 0.2) is 53.6 Å². The monoisotopic (exact) mass is 380 g/mol. The van der Waals surface area contributed by atoms with E-state index < -0.39 is 9.84 Å². The van der Waals surface area contributed by atoms with Crippen molar-refractivity contribution in [2.75, 3.05) is 18.8 Å². The zero-order valence-electron chi connectivity index (χ0n) is 13.3. The molecule has 0 N–H and O–H groups in total. The van der Waals surface area contributed by atoms with Crippen molar-refractivity contribution < 1.29 is 17.9 Å². The molecule has 0 saturated carbocycles. The van der Waals surface area contributed by atoms with Crippen molar-refractivity contribution in [2.45, 2.75) is 17.4 Å². The Kier molecular flexibility index (Phi) is 5.24. The Hall–Kier alpha value is -2.12. The van der Waals surface area contributed by atoms with Gasteiger partial charge in [0.05, 0.1) is 28.8 Å². The maximum atomic E-state index is 12.2. The van der Waals surface area contributed by atoms with Gasteiger partial charge in [-0.25, -0.2) is 13.4 Å². The van der Waals surface area contributed by atoms with Crippen LogP contribution in [0.2, 0.25) is 5.02 Å². The SMILES string of the molecule is O=C(CCS(=O)(=O)c1ccccc1)N1CC(Oc2ccc(Cl)cn2)C1. The summed E-state index contributed by atoms with van der Waals surface area (Å²) in [7, 11) is -3.44. The molecular formula is C17H17ClN2O4S. The number of hydrogen-bond donors (Lipinski definition) is 0. The Morgan fingerprint density at radius 3 is 2.56 bits per heavy atom. The van der Waals surface area contributed by atoms with Crippen molar-refractivity contribution >= 4 is 27.3 Å².